The number of carboxylic acid groups (broad SMARTS) is 1. The number of aliphatic hydroxyl groups is 1. The van der Waals surface area contributed by atoms with Gasteiger partial charge in [-0.2, -0.15) is 0 Å². The van der Waals surface area contributed by atoms with E-state index in [0.29, 0.717) is 6.54 Å². The zero-order valence-corrected chi connectivity index (χ0v) is 22.2. The normalized spacial score (nSPS) is 24.9. The van der Waals surface area contributed by atoms with Crippen LogP contribution in [0.5, 0.6) is 0 Å². The van der Waals surface area contributed by atoms with E-state index in [-0.39, 0.29) is 60.4 Å². The number of amides is 3. The Hall–Kier alpha value is -0.810. The Morgan fingerprint density at radius 1 is 1.23 bits per heavy atom. The third-order valence-corrected chi connectivity index (χ3v) is 6.83. The molecule has 0 unspecified atom stereocenters. The topological polar surface area (TPSA) is 130 Å². The van der Waals surface area contributed by atoms with Gasteiger partial charge in [-0.05, 0) is 25.7 Å². The molecule has 0 aromatic carbocycles. The molecule has 0 bridgehead atoms. The summed E-state index contributed by atoms with van der Waals surface area (Å²) >= 11 is 1.24. The molecular formula is C20H32N3NaO6S. The predicted molar refractivity (Wildman–Crippen MR) is 110 cm³/mol. The maximum Gasteiger partial charge on any atom is 1.00 e. The van der Waals surface area contributed by atoms with E-state index in [1.165, 1.54) is 21.6 Å². The van der Waals surface area contributed by atoms with Crippen LogP contribution in [0.4, 0.5) is 0 Å². The quantitative estimate of drug-likeness (QED) is 0.262. The molecule has 0 aromatic heterocycles. The number of hydrogen-bond acceptors (Lipinski definition) is 7. The minimum Gasteiger partial charge on any atom is -0.548 e. The first kappa shape index (κ1) is 28.2. The second kappa shape index (κ2) is 10.9. The zero-order valence-electron chi connectivity index (χ0n) is 19.4. The number of carboxylic acids is 1. The Bertz CT molecular complexity index is 717. The maximum absolute atomic E-state index is 13.0. The third-order valence-electron chi connectivity index (χ3n) is 5.24. The molecule has 0 aromatic rings. The van der Waals surface area contributed by atoms with Crippen molar-refractivity contribution in [2.75, 3.05) is 19.6 Å². The molecule has 2 fully saturated rings. The van der Waals surface area contributed by atoms with Crippen LogP contribution in [0.1, 0.15) is 41.5 Å². The molecule has 2 heterocycles. The number of fused-ring (bicyclic) bond motifs is 1. The Balaban J connectivity index is 0.00000480. The van der Waals surface area contributed by atoms with Crippen LogP contribution in [0.25, 0.3) is 0 Å². The fourth-order valence-electron chi connectivity index (χ4n) is 3.87. The first-order chi connectivity index (χ1) is 13.8. The predicted octanol–water partition coefficient (Wildman–Crippen LogP) is -3.96. The fourth-order valence-corrected chi connectivity index (χ4v) is 5.59. The van der Waals surface area contributed by atoms with Gasteiger partial charge in [-0.3, -0.25) is 14.4 Å². The number of aliphatic hydroxyl groups excluding tert-OH is 1. The summed E-state index contributed by atoms with van der Waals surface area (Å²) in [6.07, 6.45) is -1.64. The van der Waals surface area contributed by atoms with E-state index in [9.17, 15) is 29.4 Å². The van der Waals surface area contributed by atoms with Crippen LogP contribution in [0, 0.1) is 17.8 Å². The van der Waals surface area contributed by atoms with Crippen molar-refractivity contribution >= 4 is 35.5 Å². The van der Waals surface area contributed by atoms with Crippen molar-refractivity contribution in [3.63, 3.8) is 0 Å². The third kappa shape index (κ3) is 6.16. The Morgan fingerprint density at radius 3 is 2.29 bits per heavy atom. The van der Waals surface area contributed by atoms with Crippen molar-refractivity contribution < 1.29 is 58.9 Å². The van der Waals surface area contributed by atoms with Crippen molar-refractivity contribution in [3.05, 3.63) is 0 Å². The first-order valence-corrected chi connectivity index (χ1v) is 11.1. The summed E-state index contributed by atoms with van der Waals surface area (Å²) in [6.45, 7) is 11.6. The number of β-lactam (4-membered cyclic amide) rings is 1. The first-order valence-electron chi connectivity index (χ1n) is 10.2. The van der Waals surface area contributed by atoms with Crippen molar-refractivity contribution in [2.45, 2.75) is 63.8 Å². The largest absolute Gasteiger partial charge is 1.00 e. The van der Waals surface area contributed by atoms with Gasteiger partial charge >= 0.3 is 29.6 Å². The van der Waals surface area contributed by atoms with Crippen LogP contribution in [-0.4, -0.2) is 80.5 Å². The van der Waals surface area contributed by atoms with Gasteiger partial charge in [0.05, 0.1) is 23.9 Å². The van der Waals surface area contributed by atoms with Crippen LogP contribution in [0.3, 0.4) is 0 Å². The molecule has 0 saturated carbocycles. The summed E-state index contributed by atoms with van der Waals surface area (Å²) in [6, 6.07) is -1.12. The molecule has 2 saturated heterocycles. The van der Waals surface area contributed by atoms with Crippen LogP contribution in [-0.2, 0) is 19.2 Å². The molecule has 11 heteroatoms. The van der Waals surface area contributed by atoms with Crippen LogP contribution in [0.2, 0.25) is 0 Å². The molecule has 170 valence electrons. The van der Waals surface area contributed by atoms with E-state index in [1.807, 2.05) is 27.7 Å². The van der Waals surface area contributed by atoms with Crippen LogP contribution >= 0.6 is 11.8 Å². The van der Waals surface area contributed by atoms with Gasteiger partial charge in [0.1, 0.15) is 12.0 Å². The molecule has 2 aliphatic heterocycles. The number of carbonyl (C=O) groups excluding carboxylic acids is 4. The summed E-state index contributed by atoms with van der Waals surface area (Å²) in [5.41, 5.74) is 0. The monoisotopic (exact) mass is 465 g/mol. The van der Waals surface area contributed by atoms with Crippen molar-refractivity contribution in [3.8, 4) is 0 Å². The molecule has 0 spiro atoms. The van der Waals surface area contributed by atoms with Gasteiger partial charge in [0, 0.05) is 17.8 Å². The Labute approximate surface area is 210 Å². The maximum atomic E-state index is 13.0. The molecule has 9 nitrogen and oxygen atoms in total. The number of nitrogens with one attached hydrogen (secondary N) is 1. The number of nitrogens with zero attached hydrogens (tertiary/aromatic N) is 2. The van der Waals surface area contributed by atoms with Crippen LogP contribution < -0.4 is 40.0 Å². The van der Waals surface area contributed by atoms with Gasteiger partial charge in [0.15, 0.2) is 0 Å². The van der Waals surface area contributed by atoms with Gasteiger partial charge in [-0.25, -0.2) is 0 Å². The molecule has 31 heavy (non-hydrogen) atoms. The minimum absolute atomic E-state index is 0. The molecule has 0 aliphatic carbocycles. The Morgan fingerprint density at radius 2 is 1.81 bits per heavy atom. The van der Waals surface area contributed by atoms with Crippen molar-refractivity contribution in [2.24, 2.45) is 17.8 Å². The average molecular weight is 466 g/mol. The molecular weight excluding hydrogens is 433 g/mol. The van der Waals surface area contributed by atoms with E-state index in [0.717, 1.165) is 0 Å². The molecule has 4 atom stereocenters. The van der Waals surface area contributed by atoms with E-state index in [2.05, 4.69) is 5.32 Å². The second-order valence-corrected chi connectivity index (χ2v) is 11.1. The minimum atomic E-state index is -1.64. The van der Waals surface area contributed by atoms with Gasteiger partial charge < -0.3 is 30.1 Å². The zero-order chi connectivity index (χ0) is 23.0. The molecule has 2 aliphatic rings. The number of carbonyl (C=O) groups is 4. The Kier molecular flexibility index (Phi) is 9.90. The molecule has 0 radical (unpaired) electrons. The van der Waals surface area contributed by atoms with Crippen molar-refractivity contribution in [1.29, 1.82) is 0 Å². The second-order valence-electron chi connectivity index (χ2n) is 9.36. The van der Waals surface area contributed by atoms with E-state index in [1.54, 1.807) is 13.8 Å². The van der Waals surface area contributed by atoms with Crippen molar-refractivity contribution in [1.82, 2.24) is 15.1 Å². The number of hydrogen-bond donors (Lipinski definition) is 2. The summed E-state index contributed by atoms with van der Waals surface area (Å²) in [4.78, 5) is 51.8. The summed E-state index contributed by atoms with van der Waals surface area (Å²) < 4.78 is -0.801. The SMILES string of the molecule is CC(C)CNC(=O)CN(CC(C)C)C(=O)[C@@H](O)[C@@H]1C(=O)N2[C@@H]1SC(C)(C)[C@@H]2C(=O)[O-].[Na+]. The molecule has 3 amide bonds. The summed E-state index contributed by atoms with van der Waals surface area (Å²) in [7, 11) is 0. The van der Waals surface area contributed by atoms with Gasteiger partial charge in [-0.1, -0.05) is 27.7 Å². The fraction of sp³-hybridized carbons (Fsp3) is 0.800. The average Bonchev–Trinajstić information content (AvgIpc) is 2.86. The van der Waals surface area contributed by atoms with E-state index < -0.39 is 46.0 Å². The number of thioether (sulfide) groups is 1. The van der Waals surface area contributed by atoms with Crippen LogP contribution in [0.15, 0.2) is 0 Å². The number of rotatable bonds is 9. The number of aliphatic carboxylic acids is 1. The molecule has 2 N–H and O–H groups in total. The summed E-state index contributed by atoms with van der Waals surface area (Å²) in [5, 5.41) is 24.4. The summed E-state index contributed by atoms with van der Waals surface area (Å²) in [5.74, 6) is -3.70. The van der Waals surface area contributed by atoms with E-state index in [4.69, 9.17) is 0 Å². The van der Waals surface area contributed by atoms with Gasteiger partial charge in [0.25, 0.3) is 5.91 Å². The van der Waals surface area contributed by atoms with Gasteiger partial charge in [-0.15, -0.1) is 11.8 Å². The standard InChI is InChI=1S/C20H33N3O6S.Na/c1-10(2)7-21-12(24)9-22(8-11(3)4)17(27)14(25)13-16(26)23-15(19(28)29)20(5,6)30-18(13)23;/h10-11,13-15,18,25H,7-9H2,1-6H3,(H,21,24)(H,28,29);/q;+1/p-1/t13-,14+,15+,18-;/m1./s1. The van der Waals surface area contributed by atoms with E-state index >= 15 is 0 Å². The van der Waals surface area contributed by atoms with Gasteiger partial charge in [0.2, 0.25) is 11.8 Å². The smallest absolute Gasteiger partial charge is 0.548 e. The molecule has 2 rings (SSSR count).